The minimum Gasteiger partial charge on any atom is -0.444 e. The molecule has 0 saturated carbocycles. The fourth-order valence-electron chi connectivity index (χ4n) is 10.6. The molecule has 6 amide bonds. The summed E-state index contributed by atoms with van der Waals surface area (Å²) in [7, 11) is 3.11. The number of ether oxygens (including phenoxy) is 2. The van der Waals surface area contributed by atoms with E-state index in [0.717, 1.165) is 46.9 Å². The number of likely N-dealkylation sites (N-methyl/N-ethyl adjacent to an activating group) is 1. The average Bonchev–Trinajstić information content (AvgIpc) is 4.02. The monoisotopic (exact) mass is 1020 g/mol. The Bertz CT molecular complexity index is 2890. The Hall–Kier alpha value is -7.04. The molecule has 0 radical (unpaired) electrons. The van der Waals surface area contributed by atoms with Crippen molar-refractivity contribution in [3.05, 3.63) is 143 Å². The standard InChI is InChI=1S/C59H74N8O8/c1-37(64(8)57(73)75-59(5,6)7)52(68)63-51(58(2,3)4)55(71)67-35-44(32-49(67)53(69)62-46-25-17-23-39-18-15-16-24-45(39)46)61-56(72)65-29-28-42-30-38(26-27-48(42)65)34-66(50(36-74-9)40-19-11-10-12-20-40)54(70)47-31-41-21-13-14-22-43(41)33-60-47/h10-16,18-22,24,26-30,37,44,46-47,49-51,60H,17,23,25,31-36H2,1-9H3,(H,61,72)(H,62,69)(H,63,68)/t37-,44-,46+,47-,49-,50+,51+/m0/s1. The Morgan fingerprint density at radius 3 is 2.24 bits per heavy atom. The topological polar surface area (TPSA) is 184 Å². The summed E-state index contributed by atoms with van der Waals surface area (Å²) in [5, 5.41) is 13.6. The molecule has 4 aromatic carbocycles. The second-order valence-corrected chi connectivity index (χ2v) is 22.4. The molecule has 0 bridgehead atoms. The number of fused-ring (bicyclic) bond motifs is 3. The van der Waals surface area contributed by atoms with Crippen LogP contribution in [0.5, 0.6) is 0 Å². The SMILES string of the molecule is COC[C@H](c1ccccc1)N(Cc1ccc2c(ccn2C(=O)N[C@H]2C[C@@H](C(=O)N[C@@H]3CCCc4ccccc43)N(C(=O)[C@@H](NC(=O)[C@H](C)N(C)C(=O)OC(C)(C)C)C(C)(C)C)C2)c1)C(=O)[C@@H]1Cc2ccccc2CN1. The molecule has 5 aromatic rings. The zero-order valence-electron chi connectivity index (χ0n) is 44.9. The van der Waals surface area contributed by atoms with Crippen molar-refractivity contribution in [1.29, 1.82) is 0 Å². The molecule has 75 heavy (non-hydrogen) atoms. The molecule has 1 fully saturated rings. The lowest BCUT2D eigenvalue weighted by Crippen LogP contribution is -2.60. The van der Waals surface area contributed by atoms with Gasteiger partial charge in [0.2, 0.25) is 23.6 Å². The number of rotatable bonds is 14. The van der Waals surface area contributed by atoms with E-state index in [1.807, 2.05) is 111 Å². The van der Waals surface area contributed by atoms with E-state index in [1.54, 1.807) is 41.0 Å². The maximum absolute atomic E-state index is 15.0. The van der Waals surface area contributed by atoms with Crippen LogP contribution in [0, 0.1) is 5.41 Å². The number of carbonyl (C=O) groups excluding carboxylic acids is 6. The van der Waals surface area contributed by atoms with Crippen molar-refractivity contribution >= 4 is 46.7 Å². The molecule has 0 unspecified atom stereocenters. The van der Waals surface area contributed by atoms with E-state index < -0.39 is 65.2 Å². The Kier molecular flexibility index (Phi) is 16.5. The van der Waals surface area contributed by atoms with Crippen molar-refractivity contribution in [2.45, 2.75) is 142 Å². The molecule has 3 heterocycles. The molecule has 1 saturated heterocycles. The number of hydrogen-bond acceptors (Lipinski definition) is 9. The van der Waals surface area contributed by atoms with E-state index >= 15 is 4.79 Å². The second kappa shape index (κ2) is 22.8. The predicted octanol–water partition coefficient (Wildman–Crippen LogP) is 7.58. The predicted molar refractivity (Wildman–Crippen MR) is 287 cm³/mol. The van der Waals surface area contributed by atoms with Crippen LogP contribution in [0.3, 0.4) is 0 Å². The van der Waals surface area contributed by atoms with Gasteiger partial charge in [0.05, 0.1) is 36.3 Å². The van der Waals surface area contributed by atoms with Crippen LogP contribution in [0.25, 0.3) is 10.9 Å². The quantitative estimate of drug-likeness (QED) is 0.0872. The molecule has 0 spiro atoms. The maximum atomic E-state index is 15.0. The highest BCUT2D eigenvalue weighted by Crippen LogP contribution is 2.33. The third-order valence-electron chi connectivity index (χ3n) is 14.8. The van der Waals surface area contributed by atoms with Gasteiger partial charge < -0.3 is 40.5 Å². The zero-order valence-corrected chi connectivity index (χ0v) is 44.9. The average molecular weight is 1020 g/mol. The number of carbonyl (C=O) groups is 6. The zero-order chi connectivity index (χ0) is 53.8. The highest BCUT2D eigenvalue weighted by Gasteiger charge is 2.46. The van der Waals surface area contributed by atoms with Gasteiger partial charge in [-0.25, -0.2) is 9.59 Å². The Morgan fingerprint density at radius 2 is 1.53 bits per heavy atom. The largest absolute Gasteiger partial charge is 0.444 e. The fraction of sp³-hybridized carbons (Fsp3) is 0.458. The molecule has 16 heteroatoms. The minimum atomic E-state index is -1.11. The van der Waals surface area contributed by atoms with Gasteiger partial charge in [0.1, 0.15) is 23.7 Å². The van der Waals surface area contributed by atoms with Crippen molar-refractivity contribution in [2.24, 2.45) is 5.41 Å². The molecular weight excluding hydrogens is 949 g/mol. The Morgan fingerprint density at radius 1 is 0.840 bits per heavy atom. The number of aromatic nitrogens is 1. The lowest BCUT2D eigenvalue weighted by Gasteiger charge is -2.37. The van der Waals surface area contributed by atoms with Crippen molar-refractivity contribution < 1.29 is 38.2 Å². The van der Waals surface area contributed by atoms with E-state index in [1.165, 1.54) is 32.5 Å². The van der Waals surface area contributed by atoms with Gasteiger partial charge in [0, 0.05) is 45.4 Å². The van der Waals surface area contributed by atoms with Gasteiger partial charge in [0.15, 0.2) is 0 Å². The van der Waals surface area contributed by atoms with E-state index in [2.05, 4.69) is 39.5 Å². The molecule has 7 atom stereocenters. The van der Waals surface area contributed by atoms with E-state index in [0.29, 0.717) is 18.5 Å². The first-order valence-corrected chi connectivity index (χ1v) is 26.2. The van der Waals surface area contributed by atoms with Crippen LogP contribution in [0.15, 0.2) is 109 Å². The van der Waals surface area contributed by atoms with E-state index in [9.17, 15) is 24.0 Å². The van der Waals surface area contributed by atoms with Crippen LogP contribution < -0.4 is 21.3 Å². The molecule has 1 aromatic heterocycles. The van der Waals surface area contributed by atoms with Crippen LogP contribution in [0.4, 0.5) is 9.59 Å². The molecule has 2 aliphatic heterocycles. The first kappa shape index (κ1) is 54.2. The molecule has 1 aliphatic carbocycles. The van der Waals surface area contributed by atoms with Crippen LogP contribution in [0.2, 0.25) is 0 Å². The van der Waals surface area contributed by atoms with E-state index in [-0.39, 0.29) is 50.0 Å². The number of aryl methyl sites for hydroxylation is 1. The van der Waals surface area contributed by atoms with Crippen molar-refractivity contribution in [3.8, 4) is 0 Å². The minimum absolute atomic E-state index is 0.00155. The third kappa shape index (κ3) is 12.6. The number of hydrogen-bond donors (Lipinski definition) is 4. The highest BCUT2D eigenvalue weighted by atomic mass is 16.6. The van der Waals surface area contributed by atoms with Crippen molar-refractivity contribution in [1.82, 2.24) is 40.5 Å². The van der Waals surface area contributed by atoms with Gasteiger partial charge in [-0.1, -0.05) is 106 Å². The van der Waals surface area contributed by atoms with Crippen molar-refractivity contribution in [2.75, 3.05) is 27.3 Å². The van der Waals surface area contributed by atoms with Gasteiger partial charge in [-0.3, -0.25) is 28.6 Å². The summed E-state index contributed by atoms with van der Waals surface area (Å²) in [4.78, 5) is 90.1. The summed E-state index contributed by atoms with van der Waals surface area (Å²) in [6.07, 6.45) is 4.22. The summed E-state index contributed by atoms with van der Waals surface area (Å²) < 4.78 is 12.8. The van der Waals surface area contributed by atoms with Crippen LogP contribution >= 0.6 is 0 Å². The lowest BCUT2D eigenvalue weighted by atomic mass is 9.85. The Labute approximate surface area is 440 Å². The lowest BCUT2D eigenvalue weighted by molar-refractivity contribution is -0.144. The van der Waals surface area contributed by atoms with Crippen LogP contribution in [-0.4, -0.2) is 118 Å². The third-order valence-corrected chi connectivity index (χ3v) is 14.8. The van der Waals surface area contributed by atoms with Crippen LogP contribution in [0.1, 0.15) is 113 Å². The van der Waals surface area contributed by atoms with Crippen LogP contribution in [-0.2, 0) is 54.6 Å². The summed E-state index contributed by atoms with van der Waals surface area (Å²) in [6.45, 7) is 13.4. The van der Waals surface area contributed by atoms with E-state index in [4.69, 9.17) is 9.47 Å². The first-order chi connectivity index (χ1) is 35.7. The van der Waals surface area contributed by atoms with Gasteiger partial charge >= 0.3 is 12.1 Å². The summed E-state index contributed by atoms with van der Waals surface area (Å²) in [6, 6.07) is 28.5. The molecule has 16 nitrogen and oxygen atoms in total. The molecule has 398 valence electrons. The van der Waals surface area contributed by atoms with Gasteiger partial charge in [-0.2, -0.15) is 0 Å². The van der Waals surface area contributed by atoms with Crippen molar-refractivity contribution in [3.63, 3.8) is 0 Å². The number of nitrogens with one attached hydrogen (secondary N) is 4. The summed E-state index contributed by atoms with van der Waals surface area (Å²) in [5.41, 5.74) is 5.38. The molecule has 4 N–H and O–H groups in total. The number of benzene rings is 4. The first-order valence-electron chi connectivity index (χ1n) is 26.2. The van der Waals surface area contributed by atoms with Gasteiger partial charge in [0.25, 0.3) is 0 Å². The highest BCUT2D eigenvalue weighted by molar-refractivity contribution is 5.96. The normalized spacial score (nSPS) is 19.7. The number of likely N-dealkylation sites (tertiary alicyclic amines) is 1. The molecule has 8 rings (SSSR count). The second-order valence-electron chi connectivity index (χ2n) is 22.4. The fourth-order valence-corrected chi connectivity index (χ4v) is 10.6. The number of amides is 6. The Balaban J connectivity index is 1.03. The summed E-state index contributed by atoms with van der Waals surface area (Å²) >= 11 is 0. The number of methoxy groups -OCH3 is 1. The molecular formula is C59H74N8O8. The van der Waals surface area contributed by atoms with Gasteiger partial charge in [-0.15, -0.1) is 0 Å². The smallest absolute Gasteiger partial charge is 0.410 e. The maximum Gasteiger partial charge on any atom is 0.410 e. The number of nitrogens with zero attached hydrogens (tertiary/aromatic N) is 4. The summed E-state index contributed by atoms with van der Waals surface area (Å²) in [5.74, 6) is -1.45. The van der Waals surface area contributed by atoms with Gasteiger partial charge in [-0.05, 0) is 117 Å². The molecule has 3 aliphatic rings.